The molecule has 0 radical (unpaired) electrons. The van der Waals surface area contributed by atoms with Gasteiger partial charge in [0.2, 0.25) is 11.7 Å². The van der Waals surface area contributed by atoms with Crippen molar-refractivity contribution in [1.29, 1.82) is 0 Å². The summed E-state index contributed by atoms with van der Waals surface area (Å²) < 4.78 is 7.54. The van der Waals surface area contributed by atoms with Crippen molar-refractivity contribution in [3.63, 3.8) is 0 Å². The predicted octanol–water partition coefficient (Wildman–Crippen LogP) is 3.78. The Kier molecular flexibility index (Phi) is 5.50. The van der Waals surface area contributed by atoms with Crippen LogP contribution in [0.5, 0.6) is 0 Å². The minimum atomic E-state index is -0.547. The average Bonchev–Trinajstić information content (AvgIpc) is 3.42. The summed E-state index contributed by atoms with van der Waals surface area (Å²) in [6.07, 6.45) is 3.21. The Hall–Kier alpha value is -2.89. The van der Waals surface area contributed by atoms with Gasteiger partial charge in [0.1, 0.15) is 0 Å². The molecule has 4 rings (SSSR count). The Labute approximate surface area is 176 Å². The molecule has 1 atom stereocenters. The monoisotopic (exact) mass is 408 g/mol. The van der Waals surface area contributed by atoms with E-state index in [9.17, 15) is 14.4 Å². The van der Waals surface area contributed by atoms with E-state index in [2.05, 4.69) is 4.57 Å². The highest BCUT2D eigenvalue weighted by Gasteiger charge is 2.37. The summed E-state index contributed by atoms with van der Waals surface area (Å²) in [4.78, 5) is 39.4. The van der Waals surface area contributed by atoms with Gasteiger partial charge in [0.15, 0.2) is 6.61 Å². The number of hydrogen-bond donors (Lipinski definition) is 0. The first-order valence-electron chi connectivity index (χ1n) is 10.7. The number of ether oxygens (including phenoxy) is 1. The SMILES string of the molecule is CCc1ccccc1N1C[C@@H](C(=O)OCC(=O)c2cc(C)n(C3CC3)c2C)CC1=O. The van der Waals surface area contributed by atoms with Gasteiger partial charge in [-0.1, -0.05) is 25.1 Å². The molecule has 1 saturated carbocycles. The standard InChI is InChI=1S/C24H28N2O4/c1-4-17-7-5-6-8-21(17)25-13-18(12-23(25)28)24(29)30-14-22(27)20-11-15(2)26(16(20)3)19-9-10-19/h5-8,11,18-19H,4,9-10,12-14H2,1-3H3/t18-/m0/s1. The lowest BCUT2D eigenvalue weighted by Crippen LogP contribution is -2.28. The third-order valence-electron chi connectivity index (χ3n) is 6.16. The van der Waals surface area contributed by atoms with E-state index < -0.39 is 11.9 Å². The zero-order chi connectivity index (χ0) is 21.4. The minimum absolute atomic E-state index is 0.0860. The number of anilines is 1. The topological polar surface area (TPSA) is 68.6 Å². The maximum absolute atomic E-state index is 12.7. The maximum Gasteiger partial charge on any atom is 0.311 e. The highest BCUT2D eigenvalue weighted by molar-refractivity contribution is 6.01. The van der Waals surface area contributed by atoms with Gasteiger partial charge in [0.25, 0.3) is 0 Å². The number of ketones is 1. The number of aromatic nitrogens is 1. The van der Waals surface area contributed by atoms with Crippen LogP contribution >= 0.6 is 0 Å². The molecule has 30 heavy (non-hydrogen) atoms. The number of aryl methyl sites for hydroxylation is 2. The number of esters is 1. The van der Waals surface area contributed by atoms with Crippen molar-refractivity contribution in [3.8, 4) is 0 Å². The number of Topliss-reactive ketones (excluding diaryl/α,β-unsaturated/α-hetero) is 1. The Morgan fingerprint density at radius 1 is 1.17 bits per heavy atom. The Balaban J connectivity index is 1.38. The summed E-state index contributed by atoms with van der Waals surface area (Å²) in [5, 5.41) is 0. The fourth-order valence-electron chi connectivity index (χ4n) is 4.46. The lowest BCUT2D eigenvalue weighted by atomic mass is 10.1. The van der Waals surface area contributed by atoms with Gasteiger partial charge in [-0.2, -0.15) is 0 Å². The normalized spacial score (nSPS) is 18.7. The molecule has 2 aromatic rings. The van der Waals surface area contributed by atoms with Crippen LogP contribution in [-0.4, -0.2) is 35.4 Å². The molecule has 0 unspecified atom stereocenters. The fourth-order valence-corrected chi connectivity index (χ4v) is 4.46. The number of amides is 1. The molecule has 1 aromatic carbocycles. The molecule has 1 aliphatic heterocycles. The summed E-state index contributed by atoms with van der Waals surface area (Å²) in [7, 11) is 0. The third-order valence-corrected chi connectivity index (χ3v) is 6.16. The number of nitrogens with zero attached hydrogens (tertiary/aromatic N) is 2. The highest BCUT2D eigenvalue weighted by atomic mass is 16.5. The van der Waals surface area contributed by atoms with E-state index >= 15 is 0 Å². The number of rotatable bonds is 7. The maximum atomic E-state index is 12.7. The Morgan fingerprint density at radius 2 is 1.90 bits per heavy atom. The zero-order valence-electron chi connectivity index (χ0n) is 17.8. The fraction of sp³-hybridized carbons (Fsp3) is 0.458. The van der Waals surface area contributed by atoms with Gasteiger partial charge < -0.3 is 14.2 Å². The molecule has 2 aliphatic rings. The summed E-state index contributed by atoms with van der Waals surface area (Å²) >= 11 is 0. The predicted molar refractivity (Wildman–Crippen MR) is 114 cm³/mol. The first-order chi connectivity index (χ1) is 14.4. The Morgan fingerprint density at radius 3 is 2.60 bits per heavy atom. The van der Waals surface area contributed by atoms with Crippen LogP contribution in [0.4, 0.5) is 5.69 Å². The van der Waals surface area contributed by atoms with Crippen LogP contribution in [0, 0.1) is 19.8 Å². The van der Waals surface area contributed by atoms with Crippen molar-refractivity contribution in [2.24, 2.45) is 5.92 Å². The van der Waals surface area contributed by atoms with Crippen LogP contribution < -0.4 is 4.90 Å². The van der Waals surface area contributed by atoms with Gasteiger partial charge in [0.05, 0.1) is 5.92 Å². The van der Waals surface area contributed by atoms with Gasteiger partial charge >= 0.3 is 5.97 Å². The minimum Gasteiger partial charge on any atom is -0.457 e. The first-order valence-corrected chi connectivity index (χ1v) is 10.7. The number of para-hydroxylation sites is 1. The summed E-state index contributed by atoms with van der Waals surface area (Å²) in [6, 6.07) is 10.1. The summed E-state index contributed by atoms with van der Waals surface area (Å²) in [5.41, 5.74) is 4.55. The highest BCUT2D eigenvalue weighted by Crippen LogP contribution is 2.38. The van der Waals surface area contributed by atoms with E-state index in [1.807, 2.05) is 51.1 Å². The molecule has 0 N–H and O–H groups in total. The lowest BCUT2D eigenvalue weighted by molar-refractivity contribution is -0.147. The summed E-state index contributed by atoms with van der Waals surface area (Å²) in [5.74, 6) is -1.31. The van der Waals surface area contributed by atoms with Crippen LogP contribution in [-0.2, 0) is 20.7 Å². The number of carbonyl (C=O) groups is 3. The van der Waals surface area contributed by atoms with Crippen molar-refractivity contribution in [2.45, 2.75) is 52.5 Å². The van der Waals surface area contributed by atoms with E-state index in [-0.39, 0.29) is 24.7 Å². The second-order valence-corrected chi connectivity index (χ2v) is 8.30. The molecule has 1 aromatic heterocycles. The second kappa shape index (κ2) is 8.09. The number of carbonyl (C=O) groups excluding carboxylic acids is 3. The summed E-state index contributed by atoms with van der Waals surface area (Å²) in [6.45, 7) is 5.99. The molecule has 0 spiro atoms. The second-order valence-electron chi connectivity index (χ2n) is 8.30. The lowest BCUT2D eigenvalue weighted by Gasteiger charge is -2.19. The molecule has 1 aliphatic carbocycles. The molecule has 6 nitrogen and oxygen atoms in total. The van der Waals surface area contributed by atoms with Gasteiger partial charge in [-0.3, -0.25) is 14.4 Å². The molecule has 1 amide bonds. The average molecular weight is 408 g/mol. The van der Waals surface area contributed by atoms with Crippen LogP contribution in [0.15, 0.2) is 30.3 Å². The molecule has 6 heteroatoms. The molecule has 1 saturated heterocycles. The van der Waals surface area contributed by atoms with Crippen molar-refractivity contribution in [1.82, 2.24) is 4.57 Å². The van der Waals surface area contributed by atoms with Crippen LogP contribution in [0.1, 0.15) is 59.5 Å². The van der Waals surface area contributed by atoms with Crippen molar-refractivity contribution >= 4 is 23.3 Å². The molecule has 2 fully saturated rings. The van der Waals surface area contributed by atoms with E-state index in [4.69, 9.17) is 4.74 Å². The van der Waals surface area contributed by atoms with E-state index in [0.717, 1.165) is 41.9 Å². The van der Waals surface area contributed by atoms with Crippen LogP contribution in [0.25, 0.3) is 0 Å². The number of benzene rings is 1. The van der Waals surface area contributed by atoms with Crippen LogP contribution in [0.3, 0.4) is 0 Å². The van der Waals surface area contributed by atoms with Gasteiger partial charge in [-0.05, 0) is 50.8 Å². The molecule has 2 heterocycles. The molecular formula is C24H28N2O4. The van der Waals surface area contributed by atoms with Crippen molar-refractivity contribution in [2.75, 3.05) is 18.1 Å². The first kappa shape index (κ1) is 20.4. The third kappa shape index (κ3) is 3.78. The van der Waals surface area contributed by atoms with Gasteiger partial charge in [0, 0.05) is 41.6 Å². The van der Waals surface area contributed by atoms with E-state index in [1.54, 1.807) is 4.90 Å². The van der Waals surface area contributed by atoms with Gasteiger partial charge in [-0.25, -0.2) is 0 Å². The quantitative estimate of drug-likeness (QED) is 0.516. The smallest absolute Gasteiger partial charge is 0.311 e. The van der Waals surface area contributed by atoms with Crippen molar-refractivity contribution < 1.29 is 19.1 Å². The number of hydrogen-bond acceptors (Lipinski definition) is 4. The largest absolute Gasteiger partial charge is 0.457 e. The molecule has 0 bridgehead atoms. The van der Waals surface area contributed by atoms with Crippen LogP contribution in [0.2, 0.25) is 0 Å². The molecular weight excluding hydrogens is 380 g/mol. The zero-order valence-corrected chi connectivity index (χ0v) is 17.8. The Bertz CT molecular complexity index is 1000. The van der Waals surface area contributed by atoms with Gasteiger partial charge in [-0.15, -0.1) is 0 Å². The van der Waals surface area contributed by atoms with Crippen molar-refractivity contribution in [3.05, 3.63) is 52.8 Å². The van der Waals surface area contributed by atoms with E-state index in [0.29, 0.717) is 18.2 Å². The van der Waals surface area contributed by atoms with E-state index in [1.165, 1.54) is 0 Å². The molecule has 158 valence electrons.